The molecule has 3 rings (SSSR count). The van der Waals surface area contributed by atoms with Crippen molar-refractivity contribution in [3.05, 3.63) is 22.9 Å². The highest BCUT2D eigenvalue weighted by atomic mass is 79.9. The lowest BCUT2D eigenvalue weighted by molar-refractivity contribution is -0.0959. The molecule has 0 amide bonds. The quantitative estimate of drug-likeness (QED) is 0.833. The molecule has 0 saturated carbocycles. The fraction of sp³-hybridized carbons (Fsp3) is 0.615. The molecule has 1 aromatic heterocycles. The fourth-order valence-electron chi connectivity index (χ4n) is 2.60. The van der Waals surface area contributed by atoms with Crippen molar-refractivity contribution < 1.29 is 9.47 Å². The first-order valence-corrected chi connectivity index (χ1v) is 8.19. The zero-order valence-corrected chi connectivity index (χ0v) is 12.5. The summed E-state index contributed by atoms with van der Waals surface area (Å²) in [6.07, 6.45) is 6.94. The molecule has 2 aliphatic rings. The molecule has 2 aliphatic heterocycles. The van der Waals surface area contributed by atoms with Crippen LogP contribution >= 0.6 is 27.7 Å². The molecule has 18 heavy (non-hydrogen) atoms. The monoisotopic (exact) mass is 329 g/mol. The summed E-state index contributed by atoms with van der Waals surface area (Å²) in [6.45, 7) is 0.812. The highest BCUT2D eigenvalue weighted by Crippen LogP contribution is 2.39. The Morgan fingerprint density at radius 3 is 3.22 bits per heavy atom. The van der Waals surface area contributed by atoms with Gasteiger partial charge < -0.3 is 9.47 Å². The molecular weight excluding hydrogens is 314 g/mol. The number of hydrogen-bond donors (Lipinski definition) is 0. The van der Waals surface area contributed by atoms with Gasteiger partial charge in [0.15, 0.2) is 0 Å². The van der Waals surface area contributed by atoms with Crippen molar-refractivity contribution >= 4 is 27.7 Å². The van der Waals surface area contributed by atoms with Crippen molar-refractivity contribution in [1.82, 2.24) is 4.98 Å². The van der Waals surface area contributed by atoms with Crippen molar-refractivity contribution in [2.24, 2.45) is 0 Å². The van der Waals surface area contributed by atoms with Crippen molar-refractivity contribution in [2.75, 3.05) is 18.1 Å². The first-order chi connectivity index (χ1) is 8.76. The second-order valence-corrected chi connectivity index (χ2v) is 6.93. The summed E-state index contributed by atoms with van der Waals surface area (Å²) in [6, 6.07) is 1.97. The molecule has 1 aromatic rings. The van der Waals surface area contributed by atoms with Crippen LogP contribution in [0.1, 0.15) is 19.3 Å². The minimum Gasteiger partial charge on any atom is -0.489 e. The molecule has 1 spiro atoms. The minimum atomic E-state index is 0.0764. The van der Waals surface area contributed by atoms with E-state index in [4.69, 9.17) is 9.47 Å². The lowest BCUT2D eigenvalue weighted by Crippen LogP contribution is -2.43. The molecule has 0 bridgehead atoms. The maximum absolute atomic E-state index is 6.04. The van der Waals surface area contributed by atoms with Crippen LogP contribution in [0.5, 0.6) is 5.75 Å². The van der Waals surface area contributed by atoms with Gasteiger partial charge >= 0.3 is 0 Å². The minimum absolute atomic E-state index is 0.0764. The number of halogens is 1. The van der Waals surface area contributed by atoms with E-state index < -0.39 is 0 Å². The summed E-state index contributed by atoms with van der Waals surface area (Å²) in [5.74, 6) is 3.17. The van der Waals surface area contributed by atoms with Crippen LogP contribution in [0.15, 0.2) is 22.9 Å². The first kappa shape index (κ1) is 12.8. The van der Waals surface area contributed by atoms with Crippen LogP contribution in [-0.4, -0.2) is 34.8 Å². The Kier molecular flexibility index (Phi) is 3.82. The van der Waals surface area contributed by atoms with E-state index in [1.807, 2.05) is 17.8 Å². The van der Waals surface area contributed by atoms with E-state index >= 15 is 0 Å². The number of thioether (sulfide) groups is 1. The van der Waals surface area contributed by atoms with Gasteiger partial charge in [0.25, 0.3) is 0 Å². The SMILES string of the molecule is Brc1cncc(OC2CCOC3(CCSC3)C2)c1. The Balaban J connectivity index is 1.66. The van der Waals surface area contributed by atoms with Gasteiger partial charge in [-0.1, -0.05) is 0 Å². The molecule has 2 unspecified atom stereocenters. The molecule has 0 aliphatic carbocycles. The lowest BCUT2D eigenvalue weighted by Gasteiger charge is -2.37. The highest BCUT2D eigenvalue weighted by Gasteiger charge is 2.41. The molecule has 5 heteroatoms. The summed E-state index contributed by atoms with van der Waals surface area (Å²) in [5.41, 5.74) is 0.0764. The molecule has 0 radical (unpaired) electrons. The summed E-state index contributed by atoms with van der Waals surface area (Å²) in [7, 11) is 0. The molecule has 2 fully saturated rings. The van der Waals surface area contributed by atoms with Gasteiger partial charge in [0.05, 0.1) is 18.4 Å². The van der Waals surface area contributed by atoms with Crippen molar-refractivity contribution in [3.8, 4) is 5.75 Å². The maximum Gasteiger partial charge on any atom is 0.139 e. The van der Waals surface area contributed by atoms with E-state index in [9.17, 15) is 0 Å². The Morgan fingerprint density at radius 2 is 2.44 bits per heavy atom. The summed E-state index contributed by atoms with van der Waals surface area (Å²) < 4.78 is 13.0. The molecular formula is C13H16BrNO2S. The van der Waals surface area contributed by atoms with E-state index in [-0.39, 0.29) is 11.7 Å². The van der Waals surface area contributed by atoms with Gasteiger partial charge in [-0.05, 0) is 34.2 Å². The van der Waals surface area contributed by atoms with Gasteiger partial charge in [0.2, 0.25) is 0 Å². The van der Waals surface area contributed by atoms with Crippen LogP contribution in [0, 0.1) is 0 Å². The largest absolute Gasteiger partial charge is 0.489 e. The topological polar surface area (TPSA) is 31.4 Å². The number of ether oxygens (including phenoxy) is 2. The van der Waals surface area contributed by atoms with Crippen molar-refractivity contribution in [2.45, 2.75) is 31.0 Å². The van der Waals surface area contributed by atoms with Gasteiger partial charge in [0, 0.05) is 29.3 Å². The van der Waals surface area contributed by atoms with Crippen LogP contribution in [0.3, 0.4) is 0 Å². The van der Waals surface area contributed by atoms with Crippen molar-refractivity contribution in [3.63, 3.8) is 0 Å². The molecule has 3 heterocycles. The fourth-order valence-corrected chi connectivity index (χ4v) is 4.32. The summed E-state index contributed by atoms with van der Waals surface area (Å²) in [4.78, 5) is 4.13. The third-order valence-electron chi connectivity index (χ3n) is 3.50. The van der Waals surface area contributed by atoms with Gasteiger partial charge in [-0.3, -0.25) is 4.98 Å². The summed E-state index contributed by atoms with van der Waals surface area (Å²) >= 11 is 5.41. The van der Waals surface area contributed by atoms with Gasteiger partial charge in [-0.2, -0.15) is 11.8 Å². The third kappa shape index (κ3) is 2.83. The molecule has 0 aromatic carbocycles. The first-order valence-electron chi connectivity index (χ1n) is 6.25. The third-order valence-corrected chi connectivity index (χ3v) is 5.15. The Labute approximate surface area is 120 Å². The molecule has 98 valence electrons. The van der Waals surface area contributed by atoms with Gasteiger partial charge in [-0.15, -0.1) is 0 Å². The number of rotatable bonds is 2. The Morgan fingerprint density at radius 1 is 1.50 bits per heavy atom. The smallest absolute Gasteiger partial charge is 0.139 e. The molecule has 3 nitrogen and oxygen atoms in total. The van der Waals surface area contributed by atoms with E-state index in [1.165, 1.54) is 5.75 Å². The van der Waals surface area contributed by atoms with Gasteiger partial charge in [-0.25, -0.2) is 0 Å². The van der Waals surface area contributed by atoms with E-state index in [1.54, 1.807) is 12.4 Å². The predicted molar refractivity (Wildman–Crippen MR) is 76.2 cm³/mol. The second-order valence-electron chi connectivity index (χ2n) is 4.91. The Bertz CT molecular complexity index is 423. The number of nitrogens with zero attached hydrogens (tertiary/aromatic N) is 1. The maximum atomic E-state index is 6.04. The van der Waals surface area contributed by atoms with Crippen LogP contribution < -0.4 is 4.74 Å². The van der Waals surface area contributed by atoms with E-state index in [0.29, 0.717) is 0 Å². The molecule has 0 N–H and O–H groups in total. The normalized spacial score (nSPS) is 31.7. The van der Waals surface area contributed by atoms with Crippen LogP contribution in [0.4, 0.5) is 0 Å². The lowest BCUT2D eigenvalue weighted by atomic mass is 9.91. The van der Waals surface area contributed by atoms with Gasteiger partial charge in [0.1, 0.15) is 11.9 Å². The zero-order valence-electron chi connectivity index (χ0n) is 10.1. The zero-order chi connectivity index (χ0) is 12.4. The number of pyridine rings is 1. The van der Waals surface area contributed by atoms with E-state index in [0.717, 1.165) is 41.8 Å². The summed E-state index contributed by atoms with van der Waals surface area (Å²) in [5, 5.41) is 0. The van der Waals surface area contributed by atoms with Crippen LogP contribution in [-0.2, 0) is 4.74 Å². The average Bonchev–Trinajstić information content (AvgIpc) is 2.77. The highest BCUT2D eigenvalue weighted by molar-refractivity contribution is 9.10. The standard InChI is InChI=1S/C13H16BrNO2S/c14-10-5-12(8-15-7-10)17-11-1-3-16-13(6-11)2-4-18-9-13/h5,7-8,11H,1-4,6,9H2. The number of hydrogen-bond acceptors (Lipinski definition) is 4. The predicted octanol–water partition coefficient (Wildman–Crippen LogP) is 3.28. The molecule has 2 saturated heterocycles. The van der Waals surface area contributed by atoms with E-state index in [2.05, 4.69) is 20.9 Å². The molecule has 2 atom stereocenters. The van der Waals surface area contributed by atoms with Crippen molar-refractivity contribution in [1.29, 1.82) is 0 Å². The van der Waals surface area contributed by atoms with Crippen LogP contribution in [0.25, 0.3) is 0 Å². The average molecular weight is 330 g/mol. The van der Waals surface area contributed by atoms with Crippen LogP contribution in [0.2, 0.25) is 0 Å². The second kappa shape index (κ2) is 5.39. The Hall–Kier alpha value is -0.260. The number of aromatic nitrogens is 1.